The van der Waals surface area contributed by atoms with Crippen molar-refractivity contribution in [1.82, 2.24) is 10.2 Å². The van der Waals surface area contributed by atoms with Gasteiger partial charge in [-0.3, -0.25) is 24.0 Å². The van der Waals surface area contributed by atoms with E-state index in [-0.39, 0.29) is 35.1 Å². The van der Waals surface area contributed by atoms with E-state index in [9.17, 15) is 28.1 Å². The maximum Gasteiger partial charge on any atom is 0.269 e. The molecular formula is C35H38N4O6S. The quantitative estimate of drug-likeness (QED) is 0.157. The van der Waals surface area contributed by atoms with E-state index in [0.717, 1.165) is 21.0 Å². The van der Waals surface area contributed by atoms with Gasteiger partial charge in [0.1, 0.15) is 12.6 Å². The monoisotopic (exact) mass is 642 g/mol. The van der Waals surface area contributed by atoms with Crippen LogP contribution in [0.15, 0.2) is 114 Å². The molecule has 240 valence electrons. The Balaban J connectivity index is 1.82. The third-order valence-corrected chi connectivity index (χ3v) is 8.99. The van der Waals surface area contributed by atoms with Crippen molar-refractivity contribution < 1.29 is 22.9 Å². The lowest BCUT2D eigenvalue weighted by molar-refractivity contribution is -0.384. The maximum atomic E-state index is 14.5. The highest BCUT2D eigenvalue weighted by molar-refractivity contribution is 7.92. The highest BCUT2D eigenvalue weighted by Crippen LogP contribution is 2.27. The second kappa shape index (κ2) is 14.4. The van der Waals surface area contributed by atoms with Crippen LogP contribution in [-0.4, -0.2) is 48.2 Å². The van der Waals surface area contributed by atoms with Gasteiger partial charge in [-0.05, 0) is 63.1 Å². The smallest absolute Gasteiger partial charge is 0.269 e. The third kappa shape index (κ3) is 8.79. The van der Waals surface area contributed by atoms with Crippen molar-refractivity contribution in [2.24, 2.45) is 0 Å². The van der Waals surface area contributed by atoms with E-state index >= 15 is 0 Å². The Morgan fingerprint density at radius 2 is 1.39 bits per heavy atom. The molecule has 11 heteroatoms. The van der Waals surface area contributed by atoms with Crippen molar-refractivity contribution in [2.45, 2.75) is 57.1 Å². The van der Waals surface area contributed by atoms with Crippen LogP contribution in [0.5, 0.6) is 0 Å². The fourth-order valence-corrected chi connectivity index (χ4v) is 6.32. The van der Waals surface area contributed by atoms with Gasteiger partial charge in [-0.1, -0.05) is 78.4 Å². The van der Waals surface area contributed by atoms with Crippen LogP contribution in [0.3, 0.4) is 0 Å². The number of hydrogen-bond donors (Lipinski definition) is 1. The first-order valence-electron chi connectivity index (χ1n) is 14.8. The van der Waals surface area contributed by atoms with Crippen LogP contribution in [0.25, 0.3) is 0 Å². The number of non-ortho nitro benzene ring substituents is 1. The van der Waals surface area contributed by atoms with Crippen LogP contribution >= 0.6 is 0 Å². The van der Waals surface area contributed by atoms with E-state index in [1.54, 1.807) is 18.2 Å². The van der Waals surface area contributed by atoms with Crippen molar-refractivity contribution in [1.29, 1.82) is 0 Å². The number of benzene rings is 4. The van der Waals surface area contributed by atoms with Crippen molar-refractivity contribution in [3.63, 3.8) is 0 Å². The lowest BCUT2D eigenvalue weighted by Crippen LogP contribution is -2.56. The van der Waals surface area contributed by atoms with Gasteiger partial charge in [-0.2, -0.15) is 0 Å². The van der Waals surface area contributed by atoms with E-state index < -0.39 is 39.0 Å². The van der Waals surface area contributed by atoms with E-state index in [1.165, 1.54) is 41.3 Å². The molecule has 0 radical (unpaired) electrons. The first-order valence-corrected chi connectivity index (χ1v) is 16.2. The lowest BCUT2D eigenvalue weighted by Gasteiger charge is -2.35. The van der Waals surface area contributed by atoms with Gasteiger partial charge in [0.05, 0.1) is 15.5 Å². The zero-order chi connectivity index (χ0) is 33.5. The van der Waals surface area contributed by atoms with Crippen LogP contribution in [0.2, 0.25) is 0 Å². The minimum atomic E-state index is -4.31. The normalized spacial score (nSPS) is 12.2. The van der Waals surface area contributed by atoms with E-state index in [0.29, 0.717) is 0 Å². The molecule has 4 rings (SSSR count). The average Bonchev–Trinajstić information content (AvgIpc) is 3.02. The number of nitrogens with one attached hydrogen (secondary N) is 1. The maximum absolute atomic E-state index is 14.5. The van der Waals surface area contributed by atoms with Crippen molar-refractivity contribution in [2.75, 3.05) is 10.8 Å². The standard InChI is InChI=1S/C35H38N4O6S/c1-26-15-17-28(18-16-26)24-37(32(34(41)36-35(2,3)4)23-27-11-7-5-8-12-27)33(40)25-38(29-19-21-30(22-20-29)39(42)43)46(44,45)31-13-9-6-10-14-31/h5-22,32H,23-25H2,1-4H3,(H,36,41). The van der Waals surface area contributed by atoms with Gasteiger partial charge in [-0.15, -0.1) is 0 Å². The number of amides is 2. The van der Waals surface area contributed by atoms with Gasteiger partial charge in [0, 0.05) is 30.6 Å². The minimum Gasteiger partial charge on any atom is -0.350 e. The van der Waals surface area contributed by atoms with Crippen LogP contribution < -0.4 is 9.62 Å². The molecule has 0 heterocycles. The summed E-state index contributed by atoms with van der Waals surface area (Å²) < 4.78 is 29.0. The Morgan fingerprint density at radius 3 is 1.93 bits per heavy atom. The molecule has 10 nitrogen and oxygen atoms in total. The SMILES string of the molecule is Cc1ccc(CN(C(=O)CN(c2ccc([N+](=O)[O-])cc2)S(=O)(=O)c2ccccc2)C(Cc2ccccc2)C(=O)NC(C)(C)C)cc1. The molecule has 0 aliphatic rings. The van der Waals surface area contributed by atoms with Crippen LogP contribution in [0.4, 0.5) is 11.4 Å². The summed E-state index contributed by atoms with van der Waals surface area (Å²) in [4.78, 5) is 40.5. The number of hydrogen-bond acceptors (Lipinski definition) is 6. The van der Waals surface area contributed by atoms with Gasteiger partial charge >= 0.3 is 0 Å². The minimum absolute atomic E-state index is 0.0354. The first-order chi connectivity index (χ1) is 21.7. The number of nitro benzene ring substituents is 1. The largest absolute Gasteiger partial charge is 0.350 e. The molecule has 0 saturated heterocycles. The fraction of sp³-hybridized carbons (Fsp3) is 0.257. The van der Waals surface area contributed by atoms with Gasteiger partial charge < -0.3 is 10.2 Å². The van der Waals surface area contributed by atoms with Gasteiger partial charge in [0.2, 0.25) is 11.8 Å². The molecule has 0 bridgehead atoms. The Kier molecular flexibility index (Phi) is 10.6. The summed E-state index contributed by atoms with van der Waals surface area (Å²) in [6.07, 6.45) is 0.184. The number of anilines is 1. The van der Waals surface area contributed by atoms with Crippen LogP contribution in [-0.2, 0) is 32.6 Å². The summed E-state index contributed by atoms with van der Waals surface area (Å²) in [5.41, 5.74) is 1.83. The number of sulfonamides is 1. The molecule has 1 unspecified atom stereocenters. The second-order valence-corrected chi connectivity index (χ2v) is 13.9. The molecule has 46 heavy (non-hydrogen) atoms. The Bertz CT molecular complexity index is 1760. The topological polar surface area (TPSA) is 130 Å². The molecule has 4 aromatic carbocycles. The summed E-state index contributed by atoms with van der Waals surface area (Å²) in [5.74, 6) is -1.01. The molecule has 0 aliphatic carbocycles. The number of rotatable bonds is 12. The molecule has 0 aromatic heterocycles. The lowest BCUT2D eigenvalue weighted by atomic mass is 10.0. The van der Waals surface area contributed by atoms with E-state index in [2.05, 4.69) is 5.32 Å². The highest BCUT2D eigenvalue weighted by atomic mass is 32.2. The number of carbonyl (C=O) groups is 2. The molecule has 1 N–H and O–H groups in total. The summed E-state index contributed by atoms with van der Waals surface area (Å²) in [6, 6.07) is 28.5. The summed E-state index contributed by atoms with van der Waals surface area (Å²) >= 11 is 0. The molecule has 0 aliphatic heterocycles. The zero-order valence-corrected chi connectivity index (χ0v) is 27.1. The Labute approximate surface area is 269 Å². The summed E-state index contributed by atoms with van der Waals surface area (Å²) in [6.45, 7) is 6.86. The van der Waals surface area contributed by atoms with Crippen LogP contribution in [0.1, 0.15) is 37.5 Å². The fourth-order valence-electron chi connectivity index (χ4n) is 4.89. The average molecular weight is 643 g/mol. The second-order valence-electron chi connectivity index (χ2n) is 12.1. The first kappa shape index (κ1) is 33.9. The molecule has 0 spiro atoms. The van der Waals surface area contributed by atoms with Crippen molar-refractivity contribution >= 4 is 33.2 Å². The molecule has 1 atom stereocenters. The predicted molar refractivity (Wildman–Crippen MR) is 178 cm³/mol. The number of nitrogens with zero attached hydrogens (tertiary/aromatic N) is 3. The van der Waals surface area contributed by atoms with Crippen LogP contribution in [0, 0.1) is 17.0 Å². The Morgan fingerprint density at radius 1 is 0.826 bits per heavy atom. The number of carbonyl (C=O) groups excluding carboxylic acids is 2. The predicted octanol–water partition coefficient (Wildman–Crippen LogP) is 5.65. The molecule has 2 amide bonds. The molecule has 0 fully saturated rings. The number of nitro groups is 1. The highest BCUT2D eigenvalue weighted by Gasteiger charge is 2.35. The third-order valence-electron chi connectivity index (χ3n) is 7.20. The van der Waals surface area contributed by atoms with Gasteiger partial charge in [0.15, 0.2) is 0 Å². The molecule has 4 aromatic rings. The zero-order valence-electron chi connectivity index (χ0n) is 26.3. The molecule has 0 saturated carbocycles. The van der Waals surface area contributed by atoms with Crippen molar-refractivity contribution in [3.8, 4) is 0 Å². The van der Waals surface area contributed by atoms with Crippen molar-refractivity contribution in [3.05, 3.63) is 136 Å². The summed E-state index contributed by atoms with van der Waals surface area (Å²) in [7, 11) is -4.31. The van der Waals surface area contributed by atoms with Gasteiger partial charge in [0.25, 0.3) is 15.7 Å². The van der Waals surface area contributed by atoms with E-state index in [1.807, 2.05) is 82.3 Å². The van der Waals surface area contributed by atoms with E-state index in [4.69, 9.17) is 0 Å². The summed E-state index contributed by atoms with van der Waals surface area (Å²) in [5, 5.41) is 14.3. The molecular weight excluding hydrogens is 604 g/mol. The Hall–Kier alpha value is -5.03. The van der Waals surface area contributed by atoms with Gasteiger partial charge in [-0.25, -0.2) is 8.42 Å². The number of aryl methyl sites for hydroxylation is 1.